The van der Waals surface area contributed by atoms with Gasteiger partial charge in [-0.2, -0.15) is 0 Å². The number of hydrogen-bond donors (Lipinski definition) is 10. The molecule has 0 radical (unpaired) electrons. The van der Waals surface area contributed by atoms with E-state index in [0.29, 0.717) is 25.8 Å². The number of nitrogens with zero attached hydrogens (tertiary/aromatic N) is 1. The Balaban J connectivity index is 5.32. The number of carbonyl (C=O) groups excluding carboxylic acids is 3. The van der Waals surface area contributed by atoms with E-state index in [-0.39, 0.29) is 25.3 Å². The monoisotopic (exact) mass is 518 g/mol. The number of hydrogen-bond acceptors (Lipinski definition) is 9. The average Bonchev–Trinajstić information content (AvgIpc) is 2.80. The minimum absolute atomic E-state index is 0.0556. The van der Waals surface area contributed by atoms with E-state index >= 15 is 0 Å². The van der Waals surface area contributed by atoms with Crippen LogP contribution >= 0.6 is 0 Å². The molecule has 4 unspecified atom stereocenters. The third kappa shape index (κ3) is 14.0. The SMILES string of the molecule is NCCCCC(N)C(=O)NC(CCCN=C(N)N)C(=O)NC(CO)C(=O)NC(CCC(=O)O)C(=O)O. The number of carboxylic acid groups (broad SMARTS) is 2. The molecular weight excluding hydrogens is 480 g/mol. The minimum atomic E-state index is -1.57. The number of aliphatic hydroxyl groups excluding tert-OH is 1. The molecule has 0 aliphatic heterocycles. The first-order valence-corrected chi connectivity index (χ1v) is 11.4. The molecular formula is C20H38N8O8. The van der Waals surface area contributed by atoms with Crippen molar-refractivity contribution >= 4 is 35.6 Å². The highest BCUT2D eigenvalue weighted by Gasteiger charge is 2.30. The largest absolute Gasteiger partial charge is 0.481 e. The molecule has 0 saturated heterocycles. The van der Waals surface area contributed by atoms with Gasteiger partial charge in [-0.15, -0.1) is 0 Å². The number of nitrogens with two attached hydrogens (primary N) is 4. The van der Waals surface area contributed by atoms with Crippen molar-refractivity contribution in [3.63, 3.8) is 0 Å². The third-order valence-electron chi connectivity index (χ3n) is 4.96. The Morgan fingerprint density at radius 2 is 1.36 bits per heavy atom. The smallest absolute Gasteiger partial charge is 0.326 e. The Kier molecular flexibility index (Phi) is 16.1. The van der Waals surface area contributed by atoms with Gasteiger partial charge in [-0.25, -0.2) is 4.79 Å². The lowest BCUT2D eigenvalue weighted by molar-refractivity contribution is -0.143. The second-order valence-corrected chi connectivity index (χ2v) is 7.98. The fraction of sp³-hybridized carbons (Fsp3) is 0.700. The van der Waals surface area contributed by atoms with Crippen molar-refractivity contribution in [2.75, 3.05) is 19.7 Å². The van der Waals surface area contributed by atoms with Crippen molar-refractivity contribution < 1.29 is 39.3 Å². The molecule has 3 amide bonds. The van der Waals surface area contributed by atoms with Crippen molar-refractivity contribution in [2.24, 2.45) is 27.9 Å². The molecule has 0 aromatic carbocycles. The summed E-state index contributed by atoms with van der Waals surface area (Å²) in [6.07, 6.45) is 0.994. The highest BCUT2D eigenvalue weighted by molar-refractivity contribution is 5.94. The summed E-state index contributed by atoms with van der Waals surface area (Å²) in [5, 5.41) is 34.3. The molecule has 0 saturated carbocycles. The van der Waals surface area contributed by atoms with Gasteiger partial charge >= 0.3 is 11.9 Å². The molecule has 0 aliphatic carbocycles. The third-order valence-corrected chi connectivity index (χ3v) is 4.96. The topological polar surface area (TPSA) is 299 Å². The van der Waals surface area contributed by atoms with Crippen LogP contribution in [0.1, 0.15) is 44.9 Å². The predicted molar refractivity (Wildman–Crippen MR) is 128 cm³/mol. The lowest BCUT2D eigenvalue weighted by Crippen LogP contribution is -2.58. The molecule has 0 bridgehead atoms. The maximum absolute atomic E-state index is 12.8. The van der Waals surface area contributed by atoms with Crippen molar-refractivity contribution in [1.82, 2.24) is 16.0 Å². The Morgan fingerprint density at radius 3 is 1.89 bits per heavy atom. The van der Waals surface area contributed by atoms with Gasteiger partial charge in [0.15, 0.2) is 5.96 Å². The maximum Gasteiger partial charge on any atom is 0.326 e. The molecule has 16 nitrogen and oxygen atoms in total. The number of unbranched alkanes of at least 4 members (excludes halogenated alkanes) is 1. The second-order valence-electron chi connectivity index (χ2n) is 7.98. The van der Waals surface area contributed by atoms with Gasteiger partial charge in [-0.3, -0.25) is 24.2 Å². The zero-order chi connectivity index (χ0) is 27.7. The zero-order valence-electron chi connectivity index (χ0n) is 20.0. The number of aliphatic hydroxyl groups is 1. The molecule has 36 heavy (non-hydrogen) atoms. The van der Waals surface area contributed by atoms with Crippen LogP contribution in [0.15, 0.2) is 4.99 Å². The number of nitrogens with one attached hydrogen (secondary N) is 3. The van der Waals surface area contributed by atoms with E-state index in [0.717, 1.165) is 0 Å². The molecule has 0 rings (SSSR count). The summed E-state index contributed by atoms with van der Waals surface area (Å²) in [7, 11) is 0. The second kappa shape index (κ2) is 17.9. The minimum Gasteiger partial charge on any atom is -0.481 e. The van der Waals surface area contributed by atoms with E-state index in [2.05, 4.69) is 20.9 Å². The molecule has 4 atom stereocenters. The number of amides is 3. The normalized spacial score (nSPS) is 14.0. The first-order valence-electron chi connectivity index (χ1n) is 11.4. The van der Waals surface area contributed by atoms with Gasteiger partial charge in [-0.05, 0) is 38.6 Å². The molecule has 0 spiro atoms. The first kappa shape index (κ1) is 32.5. The Bertz CT molecular complexity index is 775. The first-order chi connectivity index (χ1) is 16.9. The standard InChI is InChI=1S/C20H38N8O8/c21-8-2-1-4-11(22)16(32)26-12(5-3-9-25-20(23)24)17(33)28-14(10-29)18(34)27-13(19(35)36)6-7-15(30)31/h11-14,29H,1-10,21-22H2,(H,26,32)(H,27,34)(H,28,33)(H,30,31)(H,35,36)(H4,23,24,25). The summed E-state index contributed by atoms with van der Waals surface area (Å²) >= 11 is 0. The van der Waals surface area contributed by atoms with Gasteiger partial charge in [0.1, 0.15) is 18.1 Å². The van der Waals surface area contributed by atoms with Crippen LogP contribution in [0.3, 0.4) is 0 Å². The van der Waals surface area contributed by atoms with E-state index in [9.17, 15) is 34.2 Å². The quantitative estimate of drug-likeness (QED) is 0.0443. The lowest BCUT2D eigenvalue weighted by Gasteiger charge is -2.24. The summed E-state index contributed by atoms with van der Waals surface area (Å²) < 4.78 is 0. The van der Waals surface area contributed by atoms with Crippen LogP contribution in [-0.2, 0) is 24.0 Å². The van der Waals surface area contributed by atoms with Crippen LogP contribution in [0.25, 0.3) is 0 Å². The highest BCUT2D eigenvalue weighted by atomic mass is 16.4. The van der Waals surface area contributed by atoms with Crippen LogP contribution in [0.2, 0.25) is 0 Å². The van der Waals surface area contributed by atoms with Crippen molar-refractivity contribution in [1.29, 1.82) is 0 Å². The van der Waals surface area contributed by atoms with E-state index in [1.165, 1.54) is 0 Å². The lowest BCUT2D eigenvalue weighted by atomic mass is 10.1. The molecule has 0 aromatic rings. The van der Waals surface area contributed by atoms with E-state index < -0.39 is 73.3 Å². The van der Waals surface area contributed by atoms with Gasteiger partial charge in [-0.1, -0.05) is 6.42 Å². The Labute approximate surface area is 208 Å². The fourth-order valence-corrected chi connectivity index (χ4v) is 2.95. The van der Waals surface area contributed by atoms with E-state index in [1.807, 2.05) is 0 Å². The van der Waals surface area contributed by atoms with Crippen LogP contribution in [0.5, 0.6) is 0 Å². The Morgan fingerprint density at radius 1 is 0.778 bits per heavy atom. The van der Waals surface area contributed by atoms with E-state index in [4.69, 9.17) is 28.0 Å². The van der Waals surface area contributed by atoms with Gasteiger partial charge in [0.05, 0.1) is 12.6 Å². The molecule has 0 fully saturated rings. The molecule has 0 aliphatic rings. The van der Waals surface area contributed by atoms with E-state index in [1.54, 1.807) is 0 Å². The van der Waals surface area contributed by atoms with Gasteiger partial charge < -0.3 is 54.2 Å². The summed E-state index contributed by atoms with van der Waals surface area (Å²) in [4.78, 5) is 63.6. The molecule has 0 heterocycles. The average molecular weight is 519 g/mol. The predicted octanol–water partition coefficient (Wildman–Crippen LogP) is -4.11. The van der Waals surface area contributed by atoms with Crippen LogP contribution in [0, 0.1) is 0 Å². The number of aliphatic carboxylic acids is 2. The molecule has 16 heteroatoms. The summed E-state index contributed by atoms with van der Waals surface area (Å²) in [5.41, 5.74) is 21.8. The Hall–Kier alpha value is -3.50. The number of guanidine groups is 1. The molecule has 14 N–H and O–H groups in total. The number of rotatable bonds is 19. The number of aliphatic imine (C=N–C) groups is 1. The highest BCUT2D eigenvalue weighted by Crippen LogP contribution is 2.04. The van der Waals surface area contributed by atoms with Crippen molar-refractivity contribution in [2.45, 2.75) is 69.1 Å². The van der Waals surface area contributed by atoms with Crippen molar-refractivity contribution in [3.05, 3.63) is 0 Å². The maximum atomic E-state index is 12.8. The number of carbonyl (C=O) groups is 5. The zero-order valence-corrected chi connectivity index (χ0v) is 20.0. The van der Waals surface area contributed by atoms with Gasteiger partial charge in [0, 0.05) is 13.0 Å². The molecule has 206 valence electrons. The summed E-state index contributed by atoms with van der Waals surface area (Å²) in [6.45, 7) is -0.303. The van der Waals surface area contributed by atoms with Gasteiger partial charge in [0.2, 0.25) is 17.7 Å². The summed E-state index contributed by atoms with van der Waals surface area (Å²) in [6, 6.07) is -5.20. The van der Waals surface area contributed by atoms with Crippen LogP contribution in [-0.4, -0.2) is 94.8 Å². The molecule has 0 aromatic heterocycles. The van der Waals surface area contributed by atoms with Crippen LogP contribution in [0.4, 0.5) is 0 Å². The van der Waals surface area contributed by atoms with Crippen molar-refractivity contribution in [3.8, 4) is 0 Å². The number of carboxylic acids is 2. The van der Waals surface area contributed by atoms with Gasteiger partial charge in [0.25, 0.3) is 0 Å². The van der Waals surface area contributed by atoms with Crippen LogP contribution < -0.4 is 38.9 Å². The fourth-order valence-electron chi connectivity index (χ4n) is 2.95. The summed E-state index contributed by atoms with van der Waals surface area (Å²) in [5.74, 6) is -5.40.